The van der Waals surface area contributed by atoms with Crippen LogP contribution >= 0.6 is 0 Å². The van der Waals surface area contributed by atoms with Gasteiger partial charge in [-0.2, -0.15) is 0 Å². The molecule has 0 N–H and O–H groups in total. The first-order valence-electron chi connectivity index (χ1n) is 10.6. The van der Waals surface area contributed by atoms with E-state index >= 15 is 0 Å². The van der Waals surface area contributed by atoms with E-state index in [1.54, 1.807) is 7.11 Å². The normalized spacial score (nSPS) is 15.1. The van der Waals surface area contributed by atoms with Crippen LogP contribution in [0.1, 0.15) is 22.3 Å². The molecule has 1 aliphatic rings. The lowest BCUT2D eigenvalue weighted by atomic mass is 10.1. The molecule has 1 heterocycles. The number of hydrogen-bond acceptors (Lipinski definition) is 5. The highest BCUT2D eigenvalue weighted by atomic mass is 16.5. The van der Waals surface area contributed by atoms with Gasteiger partial charge in [0.1, 0.15) is 18.1 Å². The van der Waals surface area contributed by atoms with E-state index in [0.29, 0.717) is 17.9 Å². The minimum atomic E-state index is 0.0572. The van der Waals surface area contributed by atoms with Gasteiger partial charge in [-0.1, -0.05) is 24.3 Å². The lowest BCUT2D eigenvalue weighted by molar-refractivity contribution is 0.0756. The van der Waals surface area contributed by atoms with E-state index in [1.807, 2.05) is 55.4 Å². The number of methoxy groups -OCH3 is 1. The van der Waals surface area contributed by atoms with Crippen LogP contribution in [-0.4, -0.2) is 81.1 Å². The quantitative estimate of drug-likeness (QED) is 0.668. The summed E-state index contributed by atoms with van der Waals surface area (Å²) in [6, 6.07) is 15.8. The first-order valence-corrected chi connectivity index (χ1v) is 10.6. The zero-order chi connectivity index (χ0) is 21.3. The van der Waals surface area contributed by atoms with Crippen LogP contribution in [0.25, 0.3) is 0 Å². The second-order valence-electron chi connectivity index (χ2n) is 7.92. The molecule has 6 heteroatoms. The molecule has 0 saturated carbocycles. The molecule has 0 spiro atoms. The van der Waals surface area contributed by atoms with E-state index in [1.165, 1.54) is 5.56 Å². The second kappa shape index (κ2) is 11.0. The molecule has 0 aliphatic carbocycles. The van der Waals surface area contributed by atoms with Crippen molar-refractivity contribution < 1.29 is 14.3 Å². The minimum absolute atomic E-state index is 0.0572. The Labute approximate surface area is 180 Å². The van der Waals surface area contributed by atoms with Gasteiger partial charge >= 0.3 is 0 Å². The monoisotopic (exact) mass is 411 g/mol. The fourth-order valence-electron chi connectivity index (χ4n) is 3.60. The molecule has 1 amide bonds. The van der Waals surface area contributed by atoms with Crippen molar-refractivity contribution in [1.82, 2.24) is 14.7 Å². The zero-order valence-corrected chi connectivity index (χ0v) is 18.3. The molecular formula is C24H33N3O3. The van der Waals surface area contributed by atoms with Gasteiger partial charge in [0, 0.05) is 39.3 Å². The number of benzene rings is 2. The molecule has 1 aliphatic heterocycles. The van der Waals surface area contributed by atoms with E-state index in [2.05, 4.69) is 21.9 Å². The molecule has 30 heavy (non-hydrogen) atoms. The molecule has 0 bridgehead atoms. The third-order valence-electron chi connectivity index (χ3n) is 5.35. The molecule has 0 unspecified atom stereocenters. The van der Waals surface area contributed by atoms with Crippen LogP contribution in [0, 0.1) is 0 Å². The Bertz CT molecular complexity index is 808. The number of rotatable bonds is 8. The highest BCUT2D eigenvalue weighted by Gasteiger charge is 2.22. The third-order valence-corrected chi connectivity index (χ3v) is 5.35. The van der Waals surface area contributed by atoms with Crippen LogP contribution < -0.4 is 9.47 Å². The summed E-state index contributed by atoms with van der Waals surface area (Å²) in [4.78, 5) is 19.6. The van der Waals surface area contributed by atoms with Crippen molar-refractivity contribution in [3.8, 4) is 11.5 Å². The SMILES string of the molecule is COc1ccc(CN2CCCN(C(=O)c3ccccc3OCCN(C)C)CC2)cc1. The van der Waals surface area contributed by atoms with Crippen LogP contribution in [0.5, 0.6) is 11.5 Å². The van der Waals surface area contributed by atoms with Gasteiger partial charge < -0.3 is 19.3 Å². The van der Waals surface area contributed by atoms with Crippen molar-refractivity contribution in [2.24, 2.45) is 0 Å². The molecular weight excluding hydrogens is 378 g/mol. The maximum Gasteiger partial charge on any atom is 0.257 e. The minimum Gasteiger partial charge on any atom is -0.497 e. The first-order chi connectivity index (χ1) is 14.6. The summed E-state index contributed by atoms with van der Waals surface area (Å²) in [7, 11) is 5.70. The van der Waals surface area contributed by atoms with Crippen molar-refractivity contribution >= 4 is 5.91 Å². The number of hydrogen-bond donors (Lipinski definition) is 0. The van der Waals surface area contributed by atoms with Gasteiger partial charge in [0.15, 0.2) is 0 Å². The highest BCUT2D eigenvalue weighted by molar-refractivity contribution is 5.97. The largest absolute Gasteiger partial charge is 0.497 e. The number of likely N-dealkylation sites (N-methyl/N-ethyl adjacent to an activating group) is 1. The summed E-state index contributed by atoms with van der Waals surface area (Å²) in [5.74, 6) is 1.60. The van der Waals surface area contributed by atoms with Crippen LogP contribution in [0.3, 0.4) is 0 Å². The zero-order valence-electron chi connectivity index (χ0n) is 18.3. The predicted octanol–water partition coefficient (Wildman–Crippen LogP) is 2.98. The average Bonchev–Trinajstić information content (AvgIpc) is 2.99. The first kappa shape index (κ1) is 22.1. The fraction of sp³-hybridized carbons (Fsp3) is 0.458. The number of carbonyl (C=O) groups excluding carboxylic acids is 1. The number of amides is 1. The van der Waals surface area contributed by atoms with E-state index in [4.69, 9.17) is 9.47 Å². The summed E-state index contributed by atoms with van der Waals surface area (Å²) in [5.41, 5.74) is 1.91. The number of nitrogens with zero attached hydrogens (tertiary/aromatic N) is 3. The highest BCUT2D eigenvalue weighted by Crippen LogP contribution is 2.21. The van der Waals surface area contributed by atoms with Crippen LogP contribution in [-0.2, 0) is 6.54 Å². The molecule has 2 aromatic carbocycles. The maximum atomic E-state index is 13.2. The smallest absolute Gasteiger partial charge is 0.257 e. The van der Waals surface area contributed by atoms with Crippen LogP contribution in [0.2, 0.25) is 0 Å². The molecule has 2 aromatic rings. The molecule has 0 aromatic heterocycles. The Balaban J connectivity index is 1.59. The Morgan fingerprint density at radius 3 is 2.50 bits per heavy atom. The van der Waals surface area contributed by atoms with Gasteiger partial charge in [0.2, 0.25) is 0 Å². The molecule has 1 fully saturated rings. The van der Waals surface area contributed by atoms with Gasteiger partial charge in [-0.25, -0.2) is 0 Å². The summed E-state index contributed by atoms with van der Waals surface area (Å²) in [6.07, 6.45) is 0.964. The Hall–Kier alpha value is -2.57. The molecule has 162 valence electrons. The van der Waals surface area contributed by atoms with Gasteiger partial charge in [0.05, 0.1) is 12.7 Å². The Morgan fingerprint density at radius 1 is 1.00 bits per heavy atom. The Morgan fingerprint density at radius 2 is 1.77 bits per heavy atom. The van der Waals surface area contributed by atoms with E-state index in [-0.39, 0.29) is 5.91 Å². The predicted molar refractivity (Wildman–Crippen MR) is 119 cm³/mol. The van der Waals surface area contributed by atoms with Crippen molar-refractivity contribution in [3.05, 3.63) is 59.7 Å². The van der Waals surface area contributed by atoms with Crippen molar-refractivity contribution in [1.29, 1.82) is 0 Å². The molecule has 0 atom stereocenters. The molecule has 0 radical (unpaired) electrons. The maximum absolute atomic E-state index is 13.2. The second-order valence-corrected chi connectivity index (χ2v) is 7.92. The van der Waals surface area contributed by atoms with Gasteiger partial charge in [-0.05, 0) is 50.3 Å². The topological polar surface area (TPSA) is 45.3 Å². The Kier molecular flexibility index (Phi) is 8.11. The number of para-hydroxylation sites is 1. The third kappa shape index (κ3) is 6.21. The van der Waals surface area contributed by atoms with Crippen molar-refractivity contribution in [2.45, 2.75) is 13.0 Å². The van der Waals surface area contributed by atoms with Gasteiger partial charge in [-0.15, -0.1) is 0 Å². The lowest BCUT2D eigenvalue weighted by Gasteiger charge is -2.23. The van der Waals surface area contributed by atoms with Crippen LogP contribution in [0.15, 0.2) is 48.5 Å². The van der Waals surface area contributed by atoms with Crippen LogP contribution in [0.4, 0.5) is 0 Å². The van der Waals surface area contributed by atoms with Gasteiger partial charge in [0.25, 0.3) is 5.91 Å². The molecule has 1 saturated heterocycles. The summed E-state index contributed by atoms with van der Waals surface area (Å²) in [5, 5.41) is 0. The number of ether oxygens (including phenoxy) is 2. The van der Waals surface area contributed by atoms with Gasteiger partial charge in [-0.3, -0.25) is 9.69 Å². The lowest BCUT2D eigenvalue weighted by Crippen LogP contribution is -2.35. The standard InChI is InChI=1S/C24H33N3O3/c1-25(2)17-18-30-23-8-5-4-7-22(23)24(28)27-14-6-13-26(15-16-27)19-20-9-11-21(29-3)12-10-20/h4-5,7-12H,6,13-19H2,1-3H3. The number of carbonyl (C=O) groups is 1. The molecule has 6 nitrogen and oxygen atoms in total. The summed E-state index contributed by atoms with van der Waals surface area (Å²) >= 11 is 0. The van der Waals surface area contributed by atoms with Crippen molar-refractivity contribution in [3.63, 3.8) is 0 Å². The fourth-order valence-corrected chi connectivity index (χ4v) is 3.60. The average molecular weight is 412 g/mol. The van der Waals surface area contributed by atoms with Crippen molar-refractivity contribution in [2.75, 3.05) is 60.5 Å². The van der Waals surface area contributed by atoms with E-state index < -0.39 is 0 Å². The molecule has 3 rings (SSSR count). The summed E-state index contributed by atoms with van der Waals surface area (Å²) < 4.78 is 11.1. The van der Waals surface area contributed by atoms with E-state index in [9.17, 15) is 4.79 Å². The summed E-state index contributed by atoms with van der Waals surface area (Å²) in [6.45, 7) is 5.60. The van der Waals surface area contributed by atoms with E-state index in [0.717, 1.165) is 51.4 Å².